The zero-order valence-electron chi connectivity index (χ0n) is 9.32. The fourth-order valence-corrected chi connectivity index (χ4v) is 2.03. The number of aliphatic hydroxyl groups is 1. The Morgan fingerprint density at radius 1 is 1.50 bits per heavy atom. The first-order valence-corrected chi connectivity index (χ1v) is 5.38. The van der Waals surface area contributed by atoms with Gasteiger partial charge in [0.1, 0.15) is 11.6 Å². The largest absolute Gasteiger partial charge is 0.496 e. The van der Waals surface area contributed by atoms with Crippen LogP contribution in [0.5, 0.6) is 5.75 Å². The van der Waals surface area contributed by atoms with E-state index < -0.39 is 0 Å². The number of nitrogens with zero attached hydrogens (tertiary/aromatic N) is 1. The zero-order chi connectivity index (χ0) is 11.5. The summed E-state index contributed by atoms with van der Waals surface area (Å²) < 4.78 is 18.3. The second-order valence-corrected chi connectivity index (χ2v) is 4.20. The molecular formula is C12H16FNO2. The third-order valence-electron chi connectivity index (χ3n) is 2.93. The summed E-state index contributed by atoms with van der Waals surface area (Å²) >= 11 is 0. The summed E-state index contributed by atoms with van der Waals surface area (Å²) in [6.45, 7) is 2.65. The molecule has 1 N–H and O–H groups in total. The monoisotopic (exact) mass is 225 g/mol. The van der Waals surface area contributed by atoms with Crippen molar-refractivity contribution in [3.8, 4) is 5.75 Å². The highest BCUT2D eigenvalue weighted by molar-refractivity contribution is 5.34. The van der Waals surface area contributed by atoms with Crippen LogP contribution >= 0.6 is 0 Å². The topological polar surface area (TPSA) is 32.7 Å². The van der Waals surface area contributed by atoms with Crippen LogP contribution in [0.15, 0.2) is 18.2 Å². The summed E-state index contributed by atoms with van der Waals surface area (Å²) in [4.78, 5) is 2.16. The van der Waals surface area contributed by atoms with Gasteiger partial charge in [0.15, 0.2) is 0 Å². The molecule has 1 heterocycles. The van der Waals surface area contributed by atoms with Crippen LogP contribution in [0.25, 0.3) is 0 Å². The number of hydrogen-bond acceptors (Lipinski definition) is 3. The summed E-state index contributed by atoms with van der Waals surface area (Å²) in [5.41, 5.74) is 0.860. The van der Waals surface area contributed by atoms with E-state index in [-0.39, 0.29) is 12.4 Å². The minimum atomic E-state index is -0.241. The number of methoxy groups -OCH3 is 1. The Kier molecular flexibility index (Phi) is 3.41. The van der Waals surface area contributed by atoms with Crippen molar-refractivity contribution in [1.29, 1.82) is 0 Å². The molecule has 1 aromatic rings. The van der Waals surface area contributed by atoms with E-state index in [1.54, 1.807) is 13.2 Å². The van der Waals surface area contributed by atoms with Crippen molar-refractivity contribution >= 4 is 0 Å². The highest BCUT2D eigenvalue weighted by Crippen LogP contribution is 2.24. The lowest BCUT2D eigenvalue weighted by Gasteiger charge is -2.38. The number of likely N-dealkylation sites (tertiary alicyclic amines) is 1. The number of ether oxygens (including phenoxy) is 1. The van der Waals surface area contributed by atoms with Crippen LogP contribution in [0.3, 0.4) is 0 Å². The van der Waals surface area contributed by atoms with E-state index in [4.69, 9.17) is 9.84 Å². The van der Waals surface area contributed by atoms with Crippen molar-refractivity contribution in [3.05, 3.63) is 29.6 Å². The van der Waals surface area contributed by atoms with Gasteiger partial charge in [-0.1, -0.05) is 0 Å². The van der Waals surface area contributed by atoms with Crippen LogP contribution in [0.2, 0.25) is 0 Å². The van der Waals surface area contributed by atoms with E-state index >= 15 is 0 Å². The SMILES string of the molecule is COc1ccc(F)cc1CN1CC(CO)C1. The quantitative estimate of drug-likeness (QED) is 0.837. The zero-order valence-corrected chi connectivity index (χ0v) is 9.32. The van der Waals surface area contributed by atoms with Gasteiger partial charge >= 0.3 is 0 Å². The molecule has 16 heavy (non-hydrogen) atoms. The molecule has 0 aliphatic carbocycles. The summed E-state index contributed by atoms with van der Waals surface area (Å²) in [6.07, 6.45) is 0. The smallest absolute Gasteiger partial charge is 0.123 e. The Labute approximate surface area is 94.4 Å². The minimum absolute atomic E-state index is 0.233. The van der Waals surface area contributed by atoms with Crippen molar-refractivity contribution in [2.45, 2.75) is 6.54 Å². The van der Waals surface area contributed by atoms with Gasteiger partial charge in [0.2, 0.25) is 0 Å². The van der Waals surface area contributed by atoms with Crippen LogP contribution < -0.4 is 4.74 Å². The Morgan fingerprint density at radius 2 is 2.25 bits per heavy atom. The van der Waals surface area contributed by atoms with Crippen molar-refractivity contribution in [2.24, 2.45) is 5.92 Å². The van der Waals surface area contributed by atoms with Crippen molar-refractivity contribution in [3.63, 3.8) is 0 Å². The molecule has 1 fully saturated rings. The standard InChI is InChI=1S/C12H16FNO2/c1-16-12-3-2-11(13)4-10(12)7-14-5-9(6-14)8-15/h2-4,9,15H,5-8H2,1H3. The summed E-state index contributed by atoms with van der Waals surface area (Å²) in [5.74, 6) is 0.850. The fraction of sp³-hybridized carbons (Fsp3) is 0.500. The highest BCUT2D eigenvalue weighted by atomic mass is 19.1. The Morgan fingerprint density at radius 3 is 2.88 bits per heavy atom. The Balaban J connectivity index is 2.01. The van der Waals surface area contributed by atoms with Gasteiger partial charge in [-0.3, -0.25) is 4.90 Å². The molecule has 1 aliphatic heterocycles. The second kappa shape index (κ2) is 4.80. The lowest BCUT2D eigenvalue weighted by Crippen LogP contribution is -2.47. The average molecular weight is 225 g/mol. The molecule has 0 saturated carbocycles. The van der Waals surface area contributed by atoms with Crippen LogP contribution in [0.1, 0.15) is 5.56 Å². The molecule has 1 aliphatic rings. The van der Waals surface area contributed by atoms with E-state index in [9.17, 15) is 4.39 Å². The lowest BCUT2D eigenvalue weighted by molar-refractivity contribution is 0.0473. The molecule has 2 rings (SSSR count). The van der Waals surface area contributed by atoms with Gasteiger partial charge in [-0.2, -0.15) is 0 Å². The van der Waals surface area contributed by atoms with Crippen molar-refractivity contribution in [2.75, 3.05) is 26.8 Å². The molecule has 0 unspecified atom stereocenters. The van der Waals surface area contributed by atoms with Gasteiger partial charge in [-0.15, -0.1) is 0 Å². The summed E-state index contributed by atoms with van der Waals surface area (Å²) in [7, 11) is 1.59. The highest BCUT2D eigenvalue weighted by Gasteiger charge is 2.26. The fourth-order valence-electron chi connectivity index (χ4n) is 2.03. The predicted molar refractivity (Wildman–Crippen MR) is 58.8 cm³/mol. The molecular weight excluding hydrogens is 209 g/mol. The minimum Gasteiger partial charge on any atom is -0.496 e. The molecule has 0 aromatic heterocycles. The van der Waals surface area contributed by atoms with E-state index in [0.717, 1.165) is 18.7 Å². The second-order valence-electron chi connectivity index (χ2n) is 4.20. The summed E-state index contributed by atoms with van der Waals surface area (Å²) in [5, 5.41) is 8.90. The number of halogens is 1. The van der Waals surface area contributed by atoms with E-state index in [0.29, 0.717) is 18.2 Å². The van der Waals surface area contributed by atoms with Gasteiger partial charge in [-0.25, -0.2) is 4.39 Å². The molecule has 0 spiro atoms. The van der Waals surface area contributed by atoms with Gasteiger partial charge in [0, 0.05) is 37.7 Å². The molecule has 0 bridgehead atoms. The Hall–Kier alpha value is -1.13. The van der Waals surface area contributed by atoms with E-state index in [2.05, 4.69) is 4.90 Å². The molecule has 0 radical (unpaired) electrons. The normalized spacial score (nSPS) is 17.2. The predicted octanol–water partition coefficient (Wildman–Crippen LogP) is 1.26. The third-order valence-corrected chi connectivity index (χ3v) is 2.93. The molecule has 3 nitrogen and oxygen atoms in total. The summed E-state index contributed by atoms with van der Waals surface area (Å²) in [6, 6.07) is 4.55. The third kappa shape index (κ3) is 2.33. The molecule has 88 valence electrons. The van der Waals surface area contributed by atoms with Gasteiger partial charge in [0.05, 0.1) is 7.11 Å². The molecule has 1 aromatic carbocycles. The van der Waals surface area contributed by atoms with E-state index in [1.165, 1.54) is 12.1 Å². The molecule has 4 heteroatoms. The van der Waals surface area contributed by atoms with Crippen molar-refractivity contribution < 1.29 is 14.2 Å². The van der Waals surface area contributed by atoms with Gasteiger partial charge in [-0.05, 0) is 18.2 Å². The van der Waals surface area contributed by atoms with Gasteiger partial charge < -0.3 is 9.84 Å². The maximum Gasteiger partial charge on any atom is 0.123 e. The number of benzene rings is 1. The maximum atomic E-state index is 13.1. The number of rotatable bonds is 4. The number of hydrogen-bond donors (Lipinski definition) is 1. The van der Waals surface area contributed by atoms with Crippen LogP contribution in [-0.2, 0) is 6.54 Å². The van der Waals surface area contributed by atoms with Crippen molar-refractivity contribution in [1.82, 2.24) is 4.90 Å². The van der Waals surface area contributed by atoms with Crippen LogP contribution in [0.4, 0.5) is 4.39 Å². The first kappa shape index (κ1) is 11.4. The molecule has 0 amide bonds. The van der Waals surface area contributed by atoms with Crippen LogP contribution in [0, 0.1) is 11.7 Å². The lowest BCUT2D eigenvalue weighted by atomic mass is 10.0. The first-order chi connectivity index (χ1) is 7.72. The first-order valence-electron chi connectivity index (χ1n) is 5.38. The van der Waals surface area contributed by atoms with Gasteiger partial charge in [0.25, 0.3) is 0 Å². The van der Waals surface area contributed by atoms with Crippen LogP contribution in [-0.4, -0.2) is 36.8 Å². The molecule has 1 saturated heterocycles. The average Bonchev–Trinajstić information content (AvgIpc) is 2.23. The van der Waals surface area contributed by atoms with E-state index in [1.807, 2.05) is 0 Å². The molecule has 0 atom stereocenters. The maximum absolute atomic E-state index is 13.1. The number of aliphatic hydroxyl groups excluding tert-OH is 1. The Bertz CT molecular complexity index is 364.